The fourth-order valence-electron chi connectivity index (χ4n) is 2.46. The van der Waals surface area contributed by atoms with Gasteiger partial charge >= 0.3 is 0 Å². The van der Waals surface area contributed by atoms with Gasteiger partial charge in [-0.05, 0) is 42.3 Å². The number of hydrogen-bond donors (Lipinski definition) is 2. The first-order valence-corrected chi connectivity index (χ1v) is 8.09. The van der Waals surface area contributed by atoms with E-state index in [4.69, 9.17) is 17.3 Å². The molecule has 108 valence electrons. The smallest absolute Gasteiger partial charge is 0.253 e. The summed E-state index contributed by atoms with van der Waals surface area (Å²) in [5, 5.41) is 3.76. The van der Waals surface area contributed by atoms with Crippen molar-refractivity contribution in [2.75, 3.05) is 11.5 Å². The first-order valence-electron chi connectivity index (χ1n) is 6.73. The van der Waals surface area contributed by atoms with Crippen LogP contribution in [0, 0.1) is 0 Å². The maximum atomic E-state index is 12.4. The van der Waals surface area contributed by atoms with Crippen LogP contribution in [0.25, 0.3) is 0 Å². The molecule has 2 aromatic rings. The lowest BCUT2D eigenvalue weighted by Crippen LogP contribution is -2.31. The molecule has 1 heterocycles. The summed E-state index contributed by atoms with van der Waals surface area (Å²) in [6.07, 6.45) is 0.885. The van der Waals surface area contributed by atoms with E-state index in [-0.39, 0.29) is 11.9 Å². The summed E-state index contributed by atoms with van der Waals surface area (Å²) in [5.41, 5.74) is 7.95. The lowest BCUT2D eigenvalue weighted by Gasteiger charge is -2.26. The summed E-state index contributed by atoms with van der Waals surface area (Å²) in [7, 11) is 0. The van der Waals surface area contributed by atoms with Gasteiger partial charge in [0.2, 0.25) is 0 Å². The number of halogens is 1. The monoisotopic (exact) mass is 318 g/mol. The zero-order chi connectivity index (χ0) is 14.8. The lowest BCUT2D eigenvalue weighted by molar-refractivity contribution is 0.0936. The number of anilines is 1. The number of para-hydroxylation sites is 1. The fraction of sp³-hybridized carbons (Fsp3) is 0.188. The molecule has 1 amide bonds. The summed E-state index contributed by atoms with van der Waals surface area (Å²) >= 11 is 7.87. The van der Waals surface area contributed by atoms with Crippen molar-refractivity contribution in [3.05, 3.63) is 58.6 Å². The molecule has 0 saturated heterocycles. The molecule has 3 nitrogen and oxygen atoms in total. The van der Waals surface area contributed by atoms with Crippen LogP contribution < -0.4 is 11.1 Å². The van der Waals surface area contributed by atoms with Crippen LogP contribution in [0.1, 0.15) is 28.4 Å². The third-order valence-corrected chi connectivity index (χ3v) is 4.88. The maximum absolute atomic E-state index is 12.4. The highest BCUT2D eigenvalue weighted by Gasteiger charge is 2.23. The molecule has 0 bridgehead atoms. The van der Waals surface area contributed by atoms with Crippen molar-refractivity contribution in [2.24, 2.45) is 0 Å². The number of carbonyl (C=O) groups is 1. The van der Waals surface area contributed by atoms with Crippen molar-refractivity contribution >= 4 is 35.0 Å². The van der Waals surface area contributed by atoms with Gasteiger partial charge in [0.05, 0.1) is 11.6 Å². The highest BCUT2D eigenvalue weighted by molar-refractivity contribution is 7.99. The van der Waals surface area contributed by atoms with E-state index in [9.17, 15) is 4.79 Å². The van der Waals surface area contributed by atoms with Gasteiger partial charge in [0, 0.05) is 21.4 Å². The number of thioether (sulfide) groups is 1. The highest BCUT2D eigenvalue weighted by Crippen LogP contribution is 2.37. The van der Waals surface area contributed by atoms with E-state index >= 15 is 0 Å². The number of hydrogen-bond acceptors (Lipinski definition) is 3. The van der Waals surface area contributed by atoms with E-state index in [1.807, 2.05) is 30.3 Å². The summed E-state index contributed by atoms with van der Waals surface area (Å²) < 4.78 is 0. The van der Waals surface area contributed by atoms with Crippen molar-refractivity contribution in [3.8, 4) is 0 Å². The Bertz CT molecular complexity index is 690. The molecule has 3 rings (SSSR count). The molecule has 21 heavy (non-hydrogen) atoms. The largest absolute Gasteiger partial charge is 0.398 e. The van der Waals surface area contributed by atoms with E-state index in [1.165, 1.54) is 4.90 Å². The molecular weight excluding hydrogens is 304 g/mol. The third kappa shape index (κ3) is 3.01. The Morgan fingerprint density at radius 2 is 2.10 bits per heavy atom. The Hall–Kier alpha value is -1.65. The second-order valence-electron chi connectivity index (χ2n) is 4.93. The molecule has 0 aromatic heterocycles. The Kier molecular flexibility index (Phi) is 4.08. The standard InChI is InChI=1S/C16H15ClN2OS/c17-10-5-6-15-12(9-10)14(7-8-21-15)19-16(20)11-3-1-2-4-13(11)18/h1-6,9,14H,7-8,18H2,(H,19,20). The molecule has 0 spiro atoms. The molecule has 1 atom stereocenters. The molecule has 3 N–H and O–H groups in total. The van der Waals surface area contributed by atoms with Gasteiger partial charge < -0.3 is 11.1 Å². The van der Waals surface area contributed by atoms with Crippen molar-refractivity contribution in [2.45, 2.75) is 17.4 Å². The van der Waals surface area contributed by atoms with Crippen LogP contribution in [0.4, 0.5) is 5.69 Å². The van der Waals surface area contributed by atoms with Crippen LogP contribution in [0.15, 0.2) is 47.4 Å². The van der Waals surface area contributed by atoms with E-state index in [2.05, 4.69) is 5.32 Å². The Labute approximate surface area is 132 Å². The summed E-state index contributed by atoms with van der Waals surface area (Å²) in [6.45, 7) is 0. The van der Waals surface area contributed by atoms with Gasteiger partial charge in [-0.15, -0.1) is 11.8 Å². The van der Waals surface area contributed by atoms with Gasteiger partial charge in [0.1, 0.15) is 0 Å². The number of fused-ring (bicyclic) bond motifs is 1. The average Bonchev–Trinajstić information content (AvgIpc) is 2.48. The molecule has 0 fully saturated rings. The second kappa shape index (κ2) is 6.00. The van der Waals surface area contributed by atoms with Crippen molar-refractivity contribution < 1.29 is 4.79 Å². The van der Waals surface area contributed by atoms with Crippen LogP contribution in [-0.4, -0.2) is 11.7 Å². The quantitative estimate of drug-likeness (QED) is 0.826. The number of nitrogens with one attached hydrogen (secondary N) is 1. The van der Waals surface area contributed by atoms with Gasteiger partial charge in [-0.2, -0.15) is 0 Å². The molecule has 1 aliphatic rings. The van der Waals surface area contributed by atoms with Crippen LogP contribution in [0.2, 0.25) is 5.02 Å². The van der Waals surface area contributed by atoms with Gasteiger partial charge in [0.25, 0.3) is 5.91 Å². The van der Waals surface area contributed by atoms with E-state index in [0.717, 1.165) is 17.7 Å². The summed E-state index contributed by atoms with van der Waals surface area (Å²) in [6, 6.07) is 12.9. The molecule has 0 radical (unpaired) electrons. The average molecular weight is 319 g/mol. The number of carbonyl (C=O) groups excluding carboxylic acids is 1. The lowest BCUT2D eigenvalue weighted by atomic mass is 10.0. The number of amides is 1. The molecule has 2 aromatic carbocycles. The van der Waals surface area contributed by atoms with Crippen molar-refractivity contribution in [3.63, 3.8) is 0 Å². The van der Waals surface area contributed by atoms with Crippen molar-refractivity contribution in [1.29, 1.82) is 0 Å². The normalized spacial score (nSPS) is 17.1. The molecule has 1 unspecified atom stereocenters. The Morgan fingerprint density at radius 3 is 2.90 bits per heavy atom. The minimum Gasteiger partial charge on any atom is -0.398 e. The van der Waals surface area contributed by atoms with Gasteiger partial charge in [-0.3, -0.25) is 4.79 Å². The number of nitrogen functional groups attached to an aromatic ring is 1. The minimum absolute atomic E-state index is 0.0212. The first-order chi connectivity index (χ1) is 10.1. The maximum Gasteiger partial charge on any atom is 0.253 e. The van der Waals surface area contributed by atoms with Crippen LogP contribution in [-0.2, 0) is 0 Å². The SMILES string of the molecule is Nc1ccccc1C(=O)NC1CCSc2ccc(Cl)cc21. The van der Waals surface area contributed by atoms with Crippen LogP contribution >= 0.6 is 23.4 Å². The van der Waals surface area contributed by atoms with Gasteiger partial charge in [-0.1, -0.05) is 23.7 Å². The second-order valence-corrected chi connectivity index (χ2v) is 6.51. The summed E-state index contributed by atoms with van der Waals surface area (Å²) in [5.74, 6) is 0.833. The molecule has 5 heteroatoms. The fourth-order valence-corrected chi connectivity index (χ4v) is 3.74. The number of nitrogens with two attached hydrogens (primary N) is 1. The van der Waals surface area contributed by atoms with Gasteiger partial charge in [-0.25, -0.2) is 0 Å². The number of benzene rings is 2. The molecular formula is C16H15ClN2OS. The zero-order valence-electron chi connectivity index (χ0n) is 11.3. The predicted molar refractivity (Wildman–Crippen MR) is 87.9 cm³/mol. The first kappa shape index (κ1) is 14.3. The number of rotatable bonds is 2. The van der Waals surface area contributed by atoms with E-state index < -0.39 is 0 Å². The van der Waals surface area contributed by atoms with E-state index in [0.29, 0.717) is 16.3 Å². The third-order valence-electron chi connectivity index (χ3n) is 3.52. The Morgan fingerprint density at radius 1 is 1.29 bits per heavy atom. The molecule has 0 aliphatic carbocycles. The predicted octanol–water partition coefficient (Wildman–Crippen LogP) is 3.89. The van der Waals surface area contributed by atoms with Crippen molar-refractivity contribution in [1.82, 2.24) is 5.32 Å². The zero-order valence-corrected chi connectivity index (χ0v) is 12.9. The highest BCUT2D eigenvalue weighted by atomic mass is 35.5. The van der Waals surface area contributed by atoms with E-state index in [1.54, 1.807) is 23.9 Å². The molecule has 1 aliphatic heterocycles. The van der Waals surface area contributed by atoms with Crippen LogP contribution in [0.3, 0.4) is 0 Å². The topological polar surface area (TPSA) is 55.1 Å². The minimum atomic E-state index is -0.143. The molecule has 0 saturated carbocycles. The summed E-state index contributed by atoms with van der Waals surface area (Å²) in [4.78, 5) is 13.6. The van der Waals surface area contributed by atoms with Crippen LogP contribution in [0.5, 0.6) is 0 Å². The van der Waals surface area contributed by atoms with Gasteiger partial charge in [0.15, 0.2) is 0 Å². The Balaban J connectivity index is 1.85.